The van der Waals surface area contributed by atoms with E-state index in [0.29, 0.717) is 53.1 Å². The highest BCUT2D eigenvalue weighted by Crippen LogP contribution is 2.35. The Balaban J connectivity index is 2.15. The number of rotatable bonds is 6. The molecule has 1 aromatic rings. The molecule has 2 aliphatic heterocycles. The average Bonchev–Trinajstić information content (AvgIpc) is 3.03. The van der Waals surface area contributed by atoms with Crippen LogP contribution in [0, 0.1) is 18.3 Å². The number of β-amino-alcohol motifs (C(OH)–C–C–N with tert-alkyl or cyclic N) is 1. The molecular weight excluding hydrogens is 434 g/mol. The van der Waals surface area contributed by atoms with Crippen molar-refractivity contribution >= 4 is 46.1 Å². The van der Waals surface area contributed by atoms with E-state index in [1.54, 1.807) is 22.5 Å². The van der Waals surface area contributed by atoms with Gasteiger partial charge in [0.25, 0.3) is 11.5 Å². The molecule has 31 heavy (non-hydrogen) atoms. The first-order valence-corrected chi connectivity index (χ1v) is 11.6. The third kappa shape index (κ3) is 4.41. The van der Waals surface area contributed by atoms with E-state index >= 15 is 0 Å². The number of carbonyl (C=O) groups is 1. The minimum Gasteiger partial charge on any atom is -0.395 e. The van der Waals surface area contributed by atoms with Gasteiger partial charge in [0.2, 0.25) is 0 Å². The van der Waals surface area contributed by atoms with Crippen LogP contribution >= 0.6 is 24.0 Å². The number of likely N-dealkylation sites (N-methyl/N-ethyl adjacent to an activating group) is 1. The molecule has 1 N–H and O–H groups in total. The van der Waals surface area contributed by atoms with E-state index in [1.807, 2.05) is 13.8 Å². The van der Waals surface area contributed by atoms with E-state index < -0.39 is 0 Å². The number of aliphatic hydroxyl groups excluding tert-OH is 1. The highest BCUT2D eigenvalue weighted by atomic mass is 32.2. The number of nitrogens with zero attached hydrogens (tertiary/aromatic N) is 5. The van der Waals surface area contributed by atoms with Crippen molar-refractivity contribution in [3.63, 3.8) is 0 Å². The van der Waals surface area contributed by atoms with E-state index in [1.165, 1.54) is 11.8 Å². The Morgan fingerprint density at radius 3 is 2.39 bits per heavy atom. The number of hydrogen-bond acceptors (Lipinski definition) is 8. The second-order valence-electron chi connectivity index (χ2n) is 7.38. The largest absolute Gasteiger partial charge is 0.395 e. The van der Waals surface area contributed by atoms with Crippen LogP contribution in [0.3, 0.4) is 0 Å². The van der Waals surface area contributed by atoms with Crippen LogP contribution in [-0.2, 0) is 11.3 Å². The van der Waals surface area contributed by atoms with Crippen LogP contribution in [0.25, 0.3) is 6.08 Å². The Hall–Kier alpha value is -2.19. The molecule has 0 bridgehead atoms. The Morgan fingerprint density at radius 1 is 1.19 bits per heavy atom. The van der Waals surface area contributed by atoms with Gasteiger partial charge in [-0.05, 0) is 32.4 Å². The number of carbonyl (C=O) groups excluding carboxylic acids is 1. The van der Waals surface area contributed by atoms with Gasteiger partial charge in [-0.1, -0.05) is 24.0 Å². The summed E-state index contributed by atoms with van der Waals surface area (Å²) in [6.45, 7) is 10.0. The zero-order valence-corrected chi connectivity index (χ0v) is 19.7. The Kier molecular flexibility index (Phi) is 7.54. The fraction of sp³-hybridized carbons (Fsp3) is 0.524. The highest BCUT2D eigenvalue weighted by Gasteiger charge is 2.32. The number of nitriles is 1. The van der Waals surface area contributed by atoms with Crippen LogP contribution in [0.4, 0.5) is 5.82 Å². The van der Waals surface area contributed by atoms with Crippen molar-refractivity contribution in [1.82, 2.24) is 14.4 Å². The van der Waals surface area contributed by atoms with E-state index in [4.69, 9.17) is 12.2 Å². The number of piperazine rings is 1. The van der Waals surface area contributed by atoms with Gasteiger partial charge in [-0.15, -0.1) is 0 Å². The lowest BCUT2D eigenvalue weighted by Gasteiger charge is -2.37. The molecule has 0 spiro atoms. The smallest absolute Gasteiger partial charge is 0.270 e. The van der Waals surface area contributed by atoms with Crippen LogP contribution in [0.2, 0.25) is 0 Å². The number of hydrogen-bond donors (Lipinski definition) is 1. The van der Waals surface area contributed by atoms with Gasteiger partial charge in [-0.3, -0.25) is 24.0 Å². The Morgan fingerprint density at radius 2 is 1.87 bits per heavy atom. The molecule has 2 aliphatic rings. The maximum absolute atomic E-state index is 13.0. The zero-order chi connectivity index (χ0) is 22.7. The molecule has 3 heterocycles. The molecule has 0 aromatic carbocycles. The third-order valence-corrected chi connectivity index (χ3v) is 7.09. The molecule has 1 aromatic heterocycles. The van der Waals surface area contributed by atoms with Gasteiger partial charge in [0.1, 0.15) is 21.8 Å². The second kappa shape index (κ2) is 9.96. The van der Waals surface area contributed by atoms with Gasteiger partial charge >= 0.3 is 0 Å². The summed E-state index contributed by atoms with van der Waals surface area (Å²) < 4.78 is 2.14. The summed E-state index contributed by atoms with van der Waals surface area (Å²) in [5, 5.41) is 18.9. The molecule has 166 valence electrons. The number of aromatic nitrogens is 1. The first kappa shape index (κ1) is 23.5. The van der Waals surface area contributed by atoms with Crippen molar-refractivity contribution in [2.45, 2.75) is 27.3 Å². The highest BCUT2D eigenvalue weighted by molar-refractivity contribution is 8.26. The molecule has 0 radical (unpaired) electrons. The summed E-state index contributed by atoms with van der Waals surface area (Å²) >= 11 is 6.59. The van der Waals surface area contributed by atoms with Crippen LogP contribution in [0.5, 0.6) is 0 Å². The van der Waals surface area contributed by atoms with E-state index in [2.05, 4.69) is 15.9 Å². The molecule has 0 unspecified atom stereocenters. The summed E-state index contributed by atoms with van der Waals surface area (Å²) in [5.41, 5.74) is 1.08. The number of thiocarbonyl (C=S) groups is 1. The van der Waals surface area contributed by atoms with Crippen molar-refractivity contribution in [2.24, 2.45) is 0 Å². The maximum Gasteiger partial charge on any atom is 0.270 e. The van der Waals surface area contributed by atoms with E-state index in [9.17, 15) is 20.0 Å². The fourth-order valence-electron chi connectivity index (χ4n) is 4.01. The van der Waals surface area contributed by atoms with E-state index in [0.717, 1.165) is 18.9 Å². The average molecular weight is 462 g/mol. The van der Waals surface area contributed by atoms with Gasteiger partial charge < -0.3 is 10.0 Å². The van der Waals surface area contributed by atoms with E-state index in [-0.39, 0.29) is 23.6 Å². The summed E-state index contributed by atoms with van der Waals surface area (Å²) in [6, 6.07) is 2.05. The predicted molar refractivity (Wildman–Crippen MR) is 127 cm³/mol. The summed E-state index contributed by atoms with van der Waals surface area (Å²) in [5.74, 6) is 0.581. The third-order valence-electron chi connectivity index (χ3n) is 5.72. The summed E-state index contributed by atoms with van der Waals surface area (Å²) in [6.07, 6.45) is 1.78. The van der Waals surface area contributed by atoms with Gasteiger partial charge in [-0.25, -0.2) is 0 Å². The van der Waals surface area contributed by atoms with Crippen LogP contribution in [0.1, 0.15) is 30.5 Å². The molecular formula is C21H27N5O3S2. The van der Waals surface area contributed by atoms with Crippen molar-refractivity contribution in [2.75, 3.05) is 50.8 Å². The van der Waals surface area contributed by atoms with Crippen LogP contribution < -0.4 is 10.5 Å². The normalized spacial score (nSPS) is 18.9. The molecule has 0 aliphatic carbocycles. The Bertz CT molecular complexity index is 1020. The number of pyridine rings is 1. The van der Waals surface area contributed by atoms with Crippen molar-refractivity contribution in [3.05, 3.63) is 31.9 Å². The lowest BCUT2D eigenvalue weighted by atomic mass is 10.0. The van der Waals surface area contributed by atoms with Gasteiger partial charge in [0.15, 0.2) is 0 Å². The van der Waals surface area contributed by atoms with Crippen LogP contribution in [0.15, 0.2) is 9.70 Å². The lowest BCUT2D eigenvalue weighted by Crippen LogP contribution is -2.49. The number of thioether (sulfide) groups is 1. The molecule has 1 amide bonds. The second-order valence-corrected chi connectivity index (χ2v) is 9.05. The molecule has 0 atom stereocenters. The number of anilines is 1. The quantitative estimate of drug-likeness (QED) is 0.502. The SMILES string of the molecule is CCN1C(=O)/C(=C/c2c(C)c(C#N)c(=O)n(CC)c2N2CCN(CCO)CC2)SC1=S. The summed E-state index contributed by atoms with van der Waals surface area (Å²) in [7, 11) is 0. The minimum absolute atomic E-state index is 0.0988. The lowest BCUT2D eigenvalue weighted by molar-refractivity contribution is -0.121. The number of amides is 1. The minimum atomic E-state index is -0.312. The van der Waals surface area contributed by atoms with Crippen molar-refractivity contribution < 1.29 is 9.90 Å². The van der Waals surface area contributed by atoms with Crippen molar-refractivity contribution in [3.8, 4) is 6.07 Å². The molecule has 2 saturated heterocycles. The monoisotopic (exact) mass is 461 g/mol. The Labute approximate surface area is 191 Å². The van der Waals surface area contributed by atoms with Gasteiger partial charge in [0, 0.05) is 51.4 Å². The number of aliphatic hydroxyl groups is 1. The predicted octanol–water partition coefficient (Wildman–Crippen LogP) is 1.38. The topological polar surface area (TPSA) is 92.8 Å². The van der Waals surface area contributed by atoms with Gasteiger partial charge in [0.05, 0.1) is 11.5 Å². The summed E-state index contributed by atoms with van der Waals surface area (Å²) in [4.78, 5) is 32.2. The van der Waals surface area contributed by atoms with Gasteiger partial charge in [-0.2, -0.15) is 5.26 Å². The molecule has 8 nitrogen and oxygen atoms in total. The first-order valence-electron chi connectivity index (χ1n) is 10.4. The fourth-order valence-corrected chi connectivity index (χ4v) is 5.37. The molecule has 3 rings (SSSR count). The maximum atomic E-state index is 13.0. The zero-order valence-electron chi connectivity index (χ0n) is 18.1. The molecule has 2 fully saturated rings. The van der Waals surface area contributed by atoms with Crippen molar-refractivity contribution in [1.29, 1.82) is 5.26 Å². The standard InChI is InChI=1S/C21H27N5O3S2/c1-4-25-18(24-8-6-23(7-9-24)10-11-27)15(14(3)16(13-22)19(25)28)12-17-20(29)26(5-2)21(30)31-17/h12,27H,4-11H2,1-3H3/b17-12-. The molecule has 10 heteroatoms. The molecule has 0 saturated carbocycles. The first-order chi connectivity index (χ1) is 14.9. The van der Waals surface area contributed by atoms with Crippen LogP contribution in [-0.4, -0.2) is 75.6 Å².